The lowest BCUT2D eigenvalue weighted by atomic mass is 9.83. The van der Waals surface area contributed by atoms with Crippen LogP contribution in [0.15, 0.2) is 176 Å². The van der Waals surface area contributed by atoms with Gasteiger partial charge in [-0.3, -0.25) is 0 Å². The molecule has 0 N–H and O–H groups in total. The van der Waals surface area contributed by atoms with Gasteiger partial charge in [-0.05, 0) is 94.7 Å². The number of aromatic nitrogens is 1. The molecule has 1 nitrogen and oxygen atoms in total. The summed E-state index contributed by atoms with van der Waals surface area (Å²) in [7, 11) is 0. The smallest absolute Gasteiger partial charge is 0.124 e. The third-order valence-electron chi connectivity index (χ3n) is 9.90. The predicted molar refractivity (Wildman–Crippen MR) is 211 cm³/mol. The zero-order chi connectivity index (χ0) is 32.3. The fourth-order valence-corrected chi connectivity index (χ4v) is 8.60. The van der Waals surface area contributed by atoms with Crippen LogP contribution in [0.2, 0.25) is 0 Å². The fraction of sp³-hybridized carbons (Fsp3) is 0. The maximum atomic E-state index is 4.90. The summed E-state index contributed by atoms with van der Waals surface area (Å²) in [5.74, 6) is 0. The summed E-state index contributed by atoms with van der Waals surface area (Å²) in [6, 6.07) is 64.2. The summed E-state index contributed by atoms with van der Waals surface area (Å²) in [4.78, 5) is 4.90. The second kappa shape index (κ2) is 11.3. The van der Waals surface area contributed by atoms with Crippen molar-refractivity contribution in [3.63, 3.8) is 0 Å². The van der Waals surface area contributed by atoms with Crippen LogP contribution in [0.3, 0.4) is 0 Å². The average Bonchev–Trinajstić information content (AvgIpc) is 3.61. The number of para-hydroxylation sites is 1. The summed E-state index contributed by atoms with van der Waals surface area (Å²) < 4.78 is 1.21. The second-order valence-electron chi connectivity index (χ2n) is 12.7. The van der Waals surface area contributed by atoms with Crippen LogP contribution in [0.1, 0.15) is 0 Å². The third kappa shape index (κ3) is 4.57. The van der Waals surface area contributed by atoms with Gasteiger partial charge >= 0.3 is 0 Å². The van der Waals surface area contributed by atoms with Crippen molar-refractivity contribution in [1.29, 1.82) is 0 Å². The van der Waals surface area contributed by atoms with Gasteiger partial charge in [-0.15, -0.1) is 11.3 Å². The summed E-state index contributed by atoms with van der Waals surface area (Å²) in [5, 5.41) is 11.1. The van der Waals surface area contributed by atoms with E-state index in [9.17, 15) is 0 Å². The van der Waals surface area contributed by atoms with E-state index in [2.05, 4.69) is 176 Å². The molecule has 10 aromatic rings. The largest absolute Gasteiger partial charge is 0.236 e. The topological polar surface area (TPSA) is 12.9 Å². The molecule has 0 radical (unpaired) electrons. The SMILES string of the molecule is c1ccc2c(-c3c4ccccc4c(-c4cccc5ccccc45)c4cc(-c5ccc(-c6nc7ccccc7s6)cc5)ccc34)cccc2c1. The van der Waals surface area contributed by atoms with Crippen molar-refractivity contribution in [3.8, 4) is 44.0 Å². The van der Waals surface area contributed by atoms with Gasteiger partial charge in [0.05, 0.1) is 10.2 Å². The highest BCUT2D eigenvalue weighted by atomic mass is 32.1. The van der Waals surface area contributed by atoms with Crippen LogP contribution >= 0.6 is 11.3 Å². The van der Waals surface area contributed by atoms with E-state index in [0.29, 0.717) is 0 Å². The van der Waals surface area contributed by atoms with E-state index in [1.807, 2.05) is 0 Å². The minimum atomic E-state index is 1.05. The molecule has 0 aliphatic carbocycles. The summed E-state index contributed by atoms with van der Waals surface area (Å²) in [6.07, 6.45) is 0. The van der Waals surface area contributed by atoms with Gasteiger partial charge in [-0.2, -0.15) is 0 Å². The molecule has 2 heteroatoms. The molecule has 9 aromatic carbocycles. The Morgan fingerprint density at radius 2 is 0.837 bits per heavy atom. The molecule has 0 amide bonds. The van der Waals surface area contributed by atoms with E-state index in [0.717, 1.165) is 16.1 Å². The van der Waals surface area contributed by atoms with Crippen molar-refractivity contribution in [2.45, 2.75) is 0 Å². The van der Waals surface area contributed by atoms with Crippen molar-refractivity contribution in [3.05, 3.63) is 176 Å². The maximum Gasteiger partial charge on any atom is 0.124 e. The average molecular weight is 640 g/mol. The van der Waals surface area contributed by atoms with Crippen molar-refractivity contribution in [1.82, 2.24) is 4.98 Å². The fourth-order valence-electron chi connectivity index (χ4n) is 7.63. The lowest BCUT2D eigenvalue weighted by Gasteiger charge is -2.20. The van der Waals surface area contributed by atoms with Gasteiger partial charge in [0.15, 0.2) is 0 Å². The van der Waals surface area contributed by atoms with Crippen molar-refractivity contribution < 1.29 is 0 Å². The molecule has 0 unspecified atom stereocenters. The third-order valence-corrected chi connectivity index (χ3v) is 11.0. The Hall–Kier alpha value is -6.09. The van der Waals surface area contributed by atoms with Crippen LogP contribution in [0, 0.1) is 0 Å². The monoisotopic (exact) mass is 639 g/mol. The van der Waals surface area contributed by atoms with E-state index in [4.69, 9.17) is 4.98 Å². The molecule has 10 rings (SSSR count). The van der Waals surface area contributed by atoms with Crippen LogP contribution in [-0.4, -0.2) is 4.98 Å². The van der Waals surface area contributed by atoms with Crippen LogP contribution < -0.4 is 0 Å². The molecule has 1 heterocycles. The first kappa shape index (κ1) is 28.0. The second-order valence-corrected chi connectivity index (χ2v) is 13.7. The molecule has 0 atom stereocenters. The molecular weight excluding hydrogens is 611 g/mol. The Balaban J connectivity index is 1.25. The van der Waals surface area contributed by atoms with Crippen LogP contribution in [0.4, 0.5) is 0 Å². The molecule has 228 valence electrons. The molecule has 49 heavy (non-hydrogen) atoms. The Labute approximate surface area is 288 Å². The van der Waals surface area contributed by atoms with Gasteiger partial charge in [0.1, 0.15) is 5.01 Å². The van der Waals surface area contributed by atoms with Gasteiger partial charge in [-0.25, -0.2) is 4.98 Å². The Morgan fingerprint density at radius 3 is 1.49 bits per heavy atom. The first-order chi connectivity index (χ1) is 24.3. The number of thiazole rings is 1. The zero-order valence-electron chi connectivity index (χ0n) is 26.6. The number of rotatable bonds is 4. The lowest BCUT2D eigenvalue weighted by molar-refractivity contribution is 1.48. The summed E-state index contributed by atoms with van der Waals surface area (Å²) in [6.45, 7) is 0. The van der Waals surface area contributed by atoms with Gasteiger partial charge in [-0.1, -0.05) is 158 Å². The molecule has 0 saturated heterocycles. The Bertz CT molecular complexity index is 2830. The van der Waals surface area contributed by atoms with Crippen LogP contribution in [0.25, 0.3) is 97.3 Å². The molecule has 0 bridgehead atoms. The molecule has 0 spiro atoms. The normalized spacial score (nSPS) is 11.7. The molecule has 0 aliphatic rings. The molecule has 1 aromatic heterocycles. The van der Waals surface area contributed by atoms with E-state index < -0.39 is 0 Å². The molecule has 0 saturated carbocycles. The quantitative estimate of drug-likeness (QED) is 0.175. The number of hydrogen-bond acceptors (Lipinski definition) is 2. The van der Waals surface area contributed by atoms with Crippen molar-refractivity contribution in [2.24, 2.45) is 0 Å². The standard InChI is InChI=1S/C47H29NS/c1-3-15-35-31(11-1)13-9-19-37(35)45-39-17-5-6-18-40(39)46(38-20-10-14-32-12-2-4-16-36(32)38)42-29-34(27-28-41(42)45)30-23-25-33(26-24-30)47-48-43-21-7-8-22-44(43)49-47/h1-29H. The highest BCUT2D eigenvalue weighted by molar-refractivity contribution is 7.21. The molecular formula is C47H29NS. The highest BCUT2D eigenvalue weighted by Crippen LogP contribution is 2.47. The lowest BCUT2D eigenvalue weighted by Crippen LogP contribution is -1.93. The number of hydrogen-bond donors (Lipinski definition) is 0. The van der Waals surface area contributed by atoms with E-state index in [1.165, 1.54) is 81.2 Å². The Kier molecular flexibility index (Phi) is 6.43. The van der Waals surface area contributed by atoms with E-state index in [-0.39, 0.29) is 0 Å². The first-order valence-corrected chi connectivity index (χ1v) is 17.5. The van der Waals surface area contributed by atoms with Crippen LogP contribution in [0.5, 0.6) is 0 Å². The molecule has 0 fully saturated rings. The minimum absolute atomic E-state index is 1.05. The van der Waals surface area contributed by atoms with Gasteiger partial charge < -0.3 is 0 Å². The predicted octanol–water partition coefficient (Wildman–Crippen LogP) is 13.6. The van der Waals surface area contributed by atoms with Crippen LogP contribution in [-0.2, 0) is 0 Å². The van der Waals surface area contributed by atoms with Gasteiger partial charge in [0, 0.05) is 5.56 Å². The van der Waals surface area contributed by atoms with E-state index >= 15 is 0 Å². The zero-order valence-corrected chi connectivity index (χ0v) is 27.4. The van der Waals surface area contributed by atoms with Gasteiger partial charge in [0.25, 0.3) is 0 Å². The van der Waals surface area contributed by atoms with Crippen molar-refractivity contribution in [2.75, 3.05) is 0 Å². The number of nitrogens with zero attached hydrogens (tertiary/aromatic N) is 1. The first-order valence-electron chi connectivity index (χ1n) is 16.7. The Morgan fingerprint density at radius 1 is 0.347 bits per heavy atom. The summed E-state index contributed by atoms with van der Waals surface area (Å²) in [5.41, 5.74) is 9.66. The number of fused-ring (bicyclic) bond motifs is 5. The summed E-state index contributed by atoms with van der Waals surface area (Å²) >= 11 is 1.74. The van der Waals surface area contributed by atoms with Gasteiger partial charge in [0.2, 0.25) is 0 Å². The number of benzene rings is 9. The molecule has 0 aliphatic heterocycles. The van der Waals surface area contributed by atoms with Crippen molar-refractivity contribution >= 4 is 64.6 Å². The highest BCUT2D eigenvalue weighted by Gasteiger charge is 2.20. The minimum Gasteiger partial charge on any atom is -0.236 e. The van der Waals surface area contributed by atoms with E-state index in [1.54, 1.807) is 11.3 Å². The maximum absolute atomic E-state index is 4.90.